The van der Waals surface area contributed by atoms with Crippen molar-refractivity contribution in [1.29, 1.82) is 0 Å². The van der Waals surface area contributed by atoms with E-state index < -0.39 is 0 Å². The molecule has 4 aliphatic carbocycles. The summed E-state index contributed by atoms with van der Waals surface area (Å²) in [6, 6.07) is 4.31. The first kappa shape index (κ1) is 16.2. The number of rotatable bonds is 6. The average molecular weight is 322 g/mol. The molecule has 0 spiro atoms. The molecular formula is C23H31N. The maximum Gasteiger partial charge on any atom is 0.0270 e. The summed E-state index contributed by atoms with van der Waals surface area (Å²) in [6.07, 6.45) is 22.6. The zero-order chi connectivity index (χ0) is 16.6. The summed E-state index contributed by atoms with van der Waals surface area (Å²) < 4.78 is 0. The normalized spacial score (nSPS) is 36.2. The first-order valence-corrected chi connectivity index (χ1v) is 10.1. The van der Waals surface area contributed by atoms with Gasteiger partial charge in [-0.1, -0.05) is 6.92 Å². The van der Waals surface area contributed by atoms with Crippen LogP contribution < -0.4 is 0 Å². The minimum Gasteiger partial charge on any atom is -0.265 e. The predicted octanol–water partition coefficient (Wildman–Crippen LogP) is 5.82. The fourth-order valence-electron chi connectivity index (χ4n) is 6.82. The highest BCUT2D eigenvalue weighted by atomic mass is 14.6. The van der Waals surface area contributed by atoms with Gasteiger partial charge in [0, 0.05) is 18.3 Å². The Hall–Kier alpha value is -1.29. The van der Waals surface area contributed by atoms with Crippen molar-refractivity contribution in [2.45, 2.75) is 70.6 Å². The molecule has 4 saturated carbocycles. The van der Waals surface area contributed by atoms with Crippen molar-refractivity contribution >= 4 is 0 Å². The van der Waals surface area contributed by atoms with Crippen LogP contribution in [0.2, 0.25) is 0 Å². The van der Waals surface area contributed by atoms with Gasteiger partial charge in [-0.2, -0.15) is 0 Å². The first-order chi connectivity index (χ1) is 11.7. The lowest BCUT2D eigenvalue weighted by Gasteiger charge is -2.57. The molecule has 0 saturated heterocycles. The molecule has 128 valence electrons. The minimum atomic E-state index is 0.380. The third-order valence-electron chi connectivity index (χ3n) is 7.42. The molecule has 0 aliphatic heterocycles. The highest BCUT2D eigenvalue weighted by Gasteiger charge is 2.50. The van der Waals surface area contributed by atoms with E-state index in [9.17, 15) is 0 Å². The van der Waals surface area contributed by atoms with E-state index in [1.54, 1.807) is 0 Å². The summed E-state index contributed by atoms with van der Waals surface area (Å²) in [5.74, 6) is 7.17. The van der Waals surface area contributed by atoms with Crippen LogP contribution in [0.1, 0.15) is 76.2 Å². The Kier molecular flexibility index (Phi) is 4.42. The Balaban J connectivity index is 1.45. The van der Waals surface area contributed by atoms with Gasteiger partial charge in [0.25, 0.3) is 0 Å². The van der Waals surface area contributed by atoms with Crippen molar-refractivity contribution in [2.75, 3.05) is 0 Å². The van der Waals surface area contributed by atoms with Gasteiger partial charge in [-0.25, -0.2) is 0 Å². The third kappa shape index (κ3) is 3.01. The standard InChI is InChI=1S/C23H31N/c1-3-20(22(4-2)21-6-9-24-10-7-21)5-8-23-14-17-11-18(15-23)13-19(12-17)16-23/h1,6-7,9-10,17-20,22H,4-5,8,11-16H2,2H3. The van der Waals surface area contributed by atoms with Crippen molar-refractivity contribution < 1.29 is 0 Å². The third-order valence-corrected chi connectivity index (χ3v) is 7.42. The number of aromatic nitrogens is 1. The highest BCUT2D eigenvalue weighted by molar-refractivity contribution is 5.20. The van der Waals surface area contributed by atoms with Gasteiger partial charge in [0.2, 0.25) is 0 Å². The minimum absolute atomic E-state index is 0.380. The molecule has 5 rings (SSSR count). The number of nitrogens with zero attached hydrogens (tertiary/aromatic N) is 1. The molecule has 0 N–H and O–H groups in total. The zero-order valence-electron chi connectivity index (χ0n) is 15.1. The Labute approximate surface area is 147 Å². The molecule has 4 fully saturated rings. The molecule has 0 radical (unpaired) electrons. The molecule has 1 heterocycles. The second-order valence-corrected chi connectivity index (χ2v) is 9.02. The Morgan fingerprint density at radius 2 is 1.71 bits per heavy atom. The Morgan fingerprint density at radius 1 is 1.12 bits per heavy atom. The van der Waals surface area contributed by atoms with Gasteiger partial charge in [0.05, 0.1) is 0 Å². The lowest BCUT2D eigenvalue weighted by molar-refractivity contribution is -0.0595. The van der Waals surface area contributed by atoms with Crippen molar-refractivity contribution in [3.8, 4) is 12.3 Å². The summed E-state index contributed by atoms with van der Waals surface area (Å²) in [5, 5.41) is 0. The molecule has 1 aromatic heterocycles. The van der Waals surface area contributed by atoms with E-state index in [4.69, 9.17) is 6.42 Å². The summed E-state index contributed by atoms with van der Waals surface area (Å²) in [4.78, 5) is 4.17. The van der Waals surface area contributed by atoms with Crippen LogP contribution in [0.3, 0.4) is 0 Å². The molecule has 1 nitrogen and oxygen atoms in total. The number of terminal acetylenes is 1. The van der Waals surface area contributed by atoms with E-state index in [2.05, 4.69) is 30.0 Å². The zero-order valence-corrected chi connectivity index (χ0v) is 15.1. The lowest BCUT2D eigenvalue weighted by Crippen LogP contribution is -2.46. The molecule has 1 aromatic rings. The summed E-state index contributed by atoms with van der Waals surface area (Å²) in [6.45, 7) is 2.28. The van der Waals surface area contributed by atoms with Crippen LogP contribution in [0, 0.1) is 41.4 Å². The largest absolute Gasteiger partial charge is 0.265 e. The van der Waals surface area contributed by atoms with Gasteiger partial charge in [-0.3, -0.25) is 4.98 Å². The second-order valence-electron chi connectivity index (χ2n) is 9.02. The van der Waals surface area contributed by atoms with Crippen molar-refractivity contribution in [2.24, 2.45) is 29.1 Å². The SMILES string of the molecule is C#CC(CCC12CC3CC(CC(C3)C1)C2)C(CC)c1ccncc1. The van der Waals surface area contributed by atoms with Crippen LogP contribution in [0.15, 0.2) is 24.5 Å². The van der Waals surface area contributed by atoms with Gasteiger partial charge in [0.15, 0.2) is 0 Å². The van der Waals surface area contributed by atoms with E-state index in [1.807, 2.05) is 12.4 Å². The number of hydrogen-bond donors (Lipinski definition) is 0. The quantitative estimate of drug-likeness (QED) is 0.601. The van der Waals surface area contributed by atoms with Gasteiger partial charge in [0.1, 0.15) is 0 Å². The monoisotopic (exact) mass is 321 g/mol. The molecular weight excluding hydrogens is 290 g/mol. The van der Waals surface area contributed by atoms with Gasteiger partial charge in [-0.15, -0.1) is 12.3 Å². The number of pyridine rings is 1. The van der Waals surface area contributed by atoms with Crippen LogP contribution >= 0.6 is 0 Å². The number of hydrogen-bond acceptors (Lipinski definition) is 1. The van der Waals surface area contributed by atoms with E-state index in [1.165, 1.54) is 56.9 Å². The molecule has 0 aromatic carbocycles. The molecule has 0 amide bonds. The van der Waals surface area contributed by atoms with Gasteiger partial charge in [-0.05, 0) is 105 Å². The highest BCUT2D eigenvalue weighted by Crippen LogP contribution is 2.62. The smallest absolute Gasteiger partial charge is 0.0270 e. The van der Waals surface area contributed by atoms with Crippen LogP contribution in [-0.2, 0) is 0 Å². The molecule has 24 heavy (non-hydrogen) atoms. The van der Waals surface area contributed by atoms with Gasteiger partial charge >= 0.3 is 0 Å². The fourth-order valence-corrected chi connectivity index (χ4v) is 6.82. The van der Waals surface area contributed by atoms with Crippen molar-refractivity contribution in [3.05, 3.63) is 30.1 Å². The predicted molar refractivity (Wildman–Crippen MR) is 99.4 cm³/mol. The van der Waals surface area contributed by atoms with Crippen molar-refractivity contribution in [1.82, 2.24) is 4.98 Å². The molecule has 2 unspecified atom stereocenters. The average Bonchev–Trinajstić information content (AvgIpc) is 2.58. The maximum absolute atomic E-state index is 6.00. The molecule has 4 bridgehead atoms. The first-order valence-electron chi connectivity index (χ1n) is 10.1. The topological polar surface area (TPSA) is 12.9 Å². The van der Waals surface area contributed by atoms with Crippen LogP contribution in [0.4, 0.5) is 0 Å². The Morgan fingerprint density at radius 3 is 2.21 bits per heavy atom. The van der Waals surface area contributed by atoms with Gasteiger partial charge < -0.3 is 0 Å². The fraction of sp³-hybridized carbons (Fsp3) is 0.696. The van der Waals surface area contributed by atoms with E-state index in [0.29, 0.717) is 17.3 Å². The summed E-state index contributed by atoms with van der Waals surface area (Å²) in [5.41, 5.74) is 2.03. The summed E-state index contributed by atoms with van der Waals surface area (Å²) >= 11 is 0. The second kappa shape index (κ2) is 6.55. The van der Waals surface area contributed by atoms with Crippen LogP contribution in [-0.4, -0.2) is 4.98 Å². The van der Waals surface area contributed by atoms with E-state index in [-0.39, 0.29) is 0 Å². The van der Waals surface area contributed by atoms with Crippen molar-refractivity contribution in [3.63, 3.8) is 0 Å². The van der Waals surface area contributed by atoms with E-state index in [0.717, 1.165) is 24.2 Å². The maximum atomic E-state index is 6.00. The van der Waals surface area contributed by atoms with E-state index >= 15 is 0 Å². The molecule has 1 heteroatoms. The van der Waals surface area contributed by atoms with Crippen LogP contribution in [0.25, 0.3) is 0 Å². The lowest BCUT2D eigenvalue weighted by atomic mass is 9.48. The summed E-state index contributed by atoms with van der Waals surface area (Å²) in [7, 11) is 0. The Bertz CT molecular complexity index is 561. The molecule has 2 atom stereocenters. The molecule has 4 aliphatic rings. The van der Waals surface area contributed by atoms with Crippen LogP contribution in [0.5, 0.6) is 0 Å².